The molecule has 0 aromatic heterocycles. The molecule has 2 aromatic rings. The fraction of sp³-hybridized carbons (Fsp3) is 0.483. The van der Waals surface area contributed by atoms with Gasteiger partial charge in [-0.05, 0) is 29.5 Å². The number of ether oxygens (including phenoxy) is 2. The Morgan fingerprint density at radius 1 is 1.05 bits per heavy atom. The molecule has 0 aliphatic rings. The highest BCUT2D eigenvalue weighted by atomic mass is 16.7. The fourth-order valence-corrected chi connectivity index (χ4v) is 3.92. The Balaban J connectivity index is 2.22. The summed E-state index contributed by atoms with van der Waals surface area (Å²) in [7, 11) is 3.03. The molecule has 2 aromatic carbocycles. The average Bonchev–Trinajstić information content (AvgIpc) is 2.90. The lowest BCUT2D eigenvalue weighted by Gasteiger charge is -2.32. The van der Waals surface area contributed by atoms with Crippen LogP contribution in [0.5, 0.6) is 11.5 Å². The molecule has 1 N–H and O–H groups in total. The van der Waals surface area contributed by atoms with Gasteiger partial charge in [0.1, 0.15) is 18.1 Å². The minimum Gasteiger partial charge on any atom is -0.497 e. The minimum absolute atomic E-state index is 0.0824. The van der Waals surface area contributed by atoms with Crippen molar-refractivity contribution in [2.45, 2.75) is 59.6 Å². The van der Waals surface area contributed by atoms with Crippen molar-refractivity contribution in [3.8, 4) is 11.5 Å². The van der Waals surface area contributed by atoms with E-state index in [0.29, 0.717) is 29.9 Å². The number of carbonyl (C=O) groups is 3. The van der Waals surface area contributed by atoms with E-state index in [-0.39, 0.29) is 24.8 Å². The highest BCUT2D eigenvalue weighted by molar-refractivity contribution is 6.04. The van der Waals surface area contributed by atoms with Gasteiger partial charge in [-0.25, -0.2) is 5.06 Å². The van der Waals surface area contributed by atoms with Crippen molar-refractivity contribution in [2.24, 2.45) is 11.3 Å². The number of amides is 2. The van der Waals surface area contributed by atoms with Crippen LogP contribution < -0.4 is 14.8 Å². The molecule has 0 saturated carbocycles. The van der Waals surface area contributed by atoms with E-state index in [4.69, 9.17) is 14.3 Å². The van der Waals surface area contributed by atoms with Crippen molar-refractivity contribution in [1.29, 1.82) is 0 Å². The largest absolute Gasteiger partial charge is 0.497 e. The van der Waals surface area contributed by atoms with Crippen LogP contribution >= 0.6 is 0 Å². The Hall–Kier alpha value is -3.39. The van der Waals surface area contributed by atoms with Gasteiger partial charge in [0.05, 0.1) is 38.3 Å². The predicted molar refractivity (Wildman–Crippen MR) is 142 cm³/mol. The van der Waals surface area contributed by atoms with Gasteiger partial charge in [0, 0.05) is 6.07 Å². The summed E-state index contributed by atoms with van der Waals surface area (Å²) in [6.45, 7) is 8.02. The Bertz CT molecular complexity index is 1020. The number of benzene rings is 2. The zero-order chi connectivity index (χ0) is 27.4. The van der Waals surface area contributed by atoms with E-state index < -0.39 is 17.4 Å². The van der Waals surface area contributed by atoms with Gasteiger partial charge >= 0.3 is 0 Å². The molecule has 0 fully saturated rings. The van der Waals surface area contributed by atoms with Crippen molar-refractivity contribution < 1.29 is 28.7 Å². The number of nitrogens with zero attached hydrogens (tertiary/aromatic N) is 1. The van der Waals surface area contributed by atoms with Gasteiger partial charge in [-0.3, -0.25) is 19.2 Å². The van der Waals surface area contributed by atoms with Crippen LogP contribution in [-0.2, 0) is 21.0 Å². The number of hydroxylamine groups is 2. The third kappa shape index (κ3) is 8.89. The topological polar surface area (TPSA) is 94.2 Å². The van der Waals surface area contributed by atoms with Crippen molar-refractivity contribution in [1.82, 2.24) is 10.4 Å². The zero-order valence-electron chi connectivity index (χ0n) is 22.8. The number of ketones is 1. The summed E-state index contributed by atoms with van der Waals surface area (Å²) in [6.07, 6.45) is 2.83. The van der Waals surface area contributed by atoms with Crippen LogP contribution in [0.4, 0.5) is 0 Å². The number of rotatable bonds is 15. The number of methoxy groups -OCH3 is 2. The molecule has 8 heteroatoms. The van der Waals surface area contributed by atoms with Gasteiger partial charge in [0.15, 0.2) is 5.78 Å². The molecule has 0 bridgehead atoms. The van der Waals surface area contributed by atoms with Crippen LogP contribution in [-0.4, -0.2) is 50.0 Å². The van der Waals surface area contributed by atoms with Crippen molar-refractivity contribution >= 4 is 18.1 Å². The summed E-state index contributed by atoms with van der Waals surface area (Å²) in [5.74, 6) is -0.173. The molecule has 37 heavy (non-hydrogen) atoms. The summed E-state index contributed by atoms with van der Waals surface area (Å²) in [6, 6.07) is 13.6. The molecule has 2 rings (SSSR count). The molecule has 0 saturated heterocycles. The summed E-state index contributed by atoms with van der Waals surface area (Å²) in [5, 5.41) is 4.13. The monoisotopic (exact) mass is 512 g/mol. The maximum absolute atomic E-state index is 13.7. The van der Waals surface area contributed by atoms with E-state index in [1.54, 1.807) is 18.2 Å². The molecule has 8 nitrogen and oxygen atoms in total. The second-order valence-corrected chi connectivity index (χ2v) is 10.0. The molecular weight excluding hydrogens is 472 g/mol. The molecule has 0 radical (unpaired) electrons. The standard InChI is InChI=1S/C29H40N2O6/c1-7-8-14-22(18-31(20-32)37-19-21-12-10-9-11-13-21)28(34)30-27(29(2,3)4)26(33)24-16-15-23(35-5)17-25(24)36-6/h9-13,15-17,20,22,27H,7-8,14,18-19H2,1-6H3,(H,30,34). The van der Waals surface area contributed by atoms with Crippen LogP contribution in [0.1, 0.15) is 62.9 Å². The van der Waals surface area contributed by atoms with E-state index >= 15 is 0 Å². The van der Waals surface area contributed by atoms with Crippen LogP contribution in [0.15, 0.2) is 48.5 Å². The van der Waals surface area contributed by atoms with Crippen LogP contribution in [0.3, 0.4) is 0 Å². The predicted octanol–water partition coefficient (Wildman–Crippen LogP) is 4.81. The zero-order valence-corrected chi connectivity index (χ0v) is 22.8. The first-order chi connectivity index (χ1) is 17.6. The number of nitrogens with one attached hydrogen (secondary N) is 1. The number of hydrogen-bond acceptors (Lipinski definition) is 6. The van der Waals surface area contributed by atoms with Crippen molar-refractivity contribution in [3.63, 3.8) is 0 Å². The number of unbranched alkanes of at least 4 members (excludes halogenated alkanes) is 1. The highest BCUT2D eigenvalue weighted by Gasteiger charge is 2.36. The lowest BCUT2D eigenvalue weighted by atomic mass is 9.81. The van der Waals surface area contributed by atoms with Gasteiger partial charge < -0.3 is 14.8 Å². The second kappa shape index (κ2) is 14.4. The van der Waals surface area contributed by atoms with Crippen molar-refractivity contribution in [3.05, 3.63) is 59.7 Å². The second-order valence-electron chi connectivity index (χ2n) is 10.0. The van der Waals surface area contributed by atoms with E-state index in [9.17, 15) is 14.4 Å². The number of carbonyl (C=O) groups excluding carboxylic acids is 3. The molecule has 0 aliphatic heterocycles. The first kappa shape index (κ1) is 29.8. The molecule has 2 atom stereocenters. The Morgan fingerprint density at radius 2 is 1.76 bits per heavy atom. The lowest BCUT2D eigenvalue weighted by Crippen LogP contribution is -2.52. The van der Waals surface area contributed by atoms with Gasteiger partial charge in [-0.1, -0.05) is 70.9 Å². The van der Waals surface area contributed by atoms with Gasteiger partial charge in [0.25, 0.3) is 0 Å². The average molecular weight is 513 g/mol. The smallest absolute Gasteiger partial charge is 0.233 e. The highest BCUT2D eigenvalue weighted by Crippen LogP contribution is 2.30. The fourth-order valence-electron chi connectivity index (χ4n) is 3.92. The van der Waals surface area contributed by atoms with Crippen LogP contribution in [0.2, 0.25) is 0 Å². The summed E-state index contributed by atoms with van der Waals surface area (Å²) >= 11 is 0. The van der Waals surface area contributed by atoms with Crippen LogP contribution in [0.25, 0.3) is 0 Å². The molecule has 202 valence electrons. The Kier molecular flexibility index (Phi) is 11.6. The SMILES string of the molecule is CCCCC(CN(C=O)OCc1ccccc1)C(=O)NC(C(=O)c1ccc(OC)cc1OC)C(C)(C)C. The van der Waals surface area contributed by atoms with E-state index in [1.807, 2.05) is 58.0 Å². The molecule has 0 heterocycles. The summed E-state index contributed by atoms with van der Waals surface area (Å²) in [4.78, 5) is 44.6. The normalized spacial score (nSPS) is 12.8. The minimum atomic E-state index is -0.818. The van der Waals surface area contributed by atoms with E-state index in [1.165, 1.54) is 14.2 Å². The van der Waals surface area contributed by atoms with E-state index in [0.717, 1.165) is 23.5 Å². The van der Waals surface area contributed by atoms with Crippen LogP contribution in [0, 0.1) is 11.3 Å². The van der Waals surface area contributed by atoms with Gasteiger partial charge in [-0.15, -0.1) is 0 Å². The summed E-state index contributed by atoms with van der Waals surface area (Å²) < 4.78 is 10.7. The molecule has 2 amide bonds. The van der Waals surface area contributed by atoms with E-state index in [2.05, 4.69) is 5.32 Å². The van der Waals surface area contributed by atoms with Gasteiger partial charge in [0.2, 0.25) is 12.3 Å². The number of hydrogen-bond donors (Lipinski definition) is 1. The van der Waals surface area contributed by atoms with Crippen molar-refractivity contribution in [2.75, 3.05) is 20.8 Å². The third-order valence-corrected chi connectivity index (χ3v) is 6.12. The lowest BCUT2D eigenvalue weighted by molar-refractivity contribution is -0.182. The first-order valence-electron chi connectivity index (χ1n) is 12.6. The van der Waals surface area contributed by atoms with Gasteiger partial charge in [-0.2, -0.15) is 0 Å². The molecule has 0 spiro atoms. The Labute approximate surface area is 220 Å². The summed E-state index contributed by atoms with van der Waals surface area (Å²) in [5.41, 5.74) is 0.686. The number of Topliss-reactive ketones (excluding diaryl/α,β-unsaturated/α-hetero) is 1. The first-order valence-corrected chi connectivity index (χ1v) is 12.6. The maximum Gasteiger partial charge on any atom is 0.233 e. The third-order valence-electron chi connectivity index (χ3n) is 6.12. The molecule has 0 aliphatic carbocycles. The molecular formula is C29H40N2O6. The quantitative estimate of drug-likeness (QED) is 0.209. The Morgan fingerprint density at radius 3 is 2.32 bits per heavy atom. The maximum atomic E-state index is 13.7. The molecule has 2 unspecified atom stereocenters.